The van der Waals surface area contributed by atoms with Crippen molar-refractivity contribution < 1.29 is 23.3 Å². The fraction of sp³-hybridized carbons (Fsp3) is 1.00. The van der Waals surface area contributed by atoms with Crippen LogP contribution in [-0.2, 0) is 23.3 Å². The lowest BCUT2D eigenvalue weighted by atomic mass is 10.1. The minimum absolute atomic E-state index is 0.0448. The lowest BCUT2D eigenvalue weighted by Crippen LogP contribution is -2.37. The molecule has 5 nitrogen and oxygen atoms in total. The third-order valence-corrected chi connectivity index (χ3v) is 3.41. The number of ether oxygens (including phenoxy) is 3. The predicted octanol–water partition coefficient (Wildman–Crippen LogP) is 1.36. The third kappa shape index (κ3) is 3.54. The lowest BCUT2D eigenvalue weighted by Gasteiger charge is -2.21. The van der Waals surface area contributed by atoms with Crippen LogP contribution in [0.3, 0.4) is 0 Å². The molecule has 0 aromatic heterocycles. The lowest BCUT2D eigenvalue weighted by molar-refractivity contribution is -0.0357. The standard InChI is InChI=1S/C10H21O5P/c1-7-9(12-2)10(13-3)8(15-7)6-14-16(4,5)11/h7-10H,6H2,1-5H3. The van der Waals surface area contributed by atoms with Crippen LogP contribution in [0.15, 0.2) is 0 Å². The van der Waals surface area contributed by atoms with Gasteiger partial charge in [0.25, 0.3) is 0 Å². The number of hydrogen-bond acceptors (Lipinski definition) is 5. The molecular formula is C10H21O5P. The quantitative estimate of drug-likeness (QED) is 0.691. The Bertz CT molecular complexity index is 264. The van der Waals surface area contributed by atoms with E-state index in [1.807, 2.05) is 6.92 Å². The minimum Gasteiger partial charge on any atom is -0.376 e. The van der Waals surface area contributed by atoms with E-state index < -0.39 is 7.37 Å². The molecule has 4 atom stereocenters. The van der Waals surface area contributed by atoms with Crippen molar-refractivity contribution in [1.82, 2.24) is 0 Å². The molecule has 1 aliphatic rings. The van der Waals surface area contributed by atoms with Gasteiger partial charge in [0.05, 0.1) is 12.7 Å². The summed E-state index contributed by atoms with van der Waals surface area (Å²) >= 11 is 0. The van der Waals surface area contributed by atoms with Gasteiger partial charge in [0.15, 0.2) is 7.37 Å². The Hall–Kier alpha value is 0.0700. The third-order valence-electron chi connectivity index (χ3n) is 2.64. The molecule has 0 saturated carbocycles. The fourth-order valence-corrected chi connectivity index (χ4v) is 2.41. The van der Waals surface area contributed by atoms with Gasteiger partial charge < -0.3 is 18.7 Å². The Morgan fingerprint density at radius 3 is 2.19 bits per heavy atom. The van der Waals surface area contributed by atoms with Crippen LogP contribution < -0.4 is 0 Å². The molecule has 1 aliphatic heterocycles. The smallest absolute Gasteiger partial charge is 0.197 e. The molecule has 1 fully saturated rings. The van der Waals surface area contributed by atoms with Crippen molar-refractivity contribution in [2.24, 2.45) is 0 Å². The Balaban J connectivity index is 2.57. The fourth-order valence-electron chi connectivity index (χ4n) is 1.91. The first-order valence-electron chi connectivity index (χ1n) is 5.29. The van der Waals surface area contributed by atoms with Gasteiger partial charge >= 0.3 is 0 Å². The predicted molar refractivity (Wildman–Crippen MR) is 61.3 cm³/mol. The molecule has 1 heterocycles. The maximum absolute atomic E-state index is 11.4. The minimum atomic E-state index is -2.48. The van der Waals surface area contributed by atoms with E-state index in [0.717, 1.165) is 0 Å². The van der Waals surface area contributed by atoms with Gasteiger partial charge in [-0.05, 0) is 6.92 Å². The van der Waals surface area contributed by atoms with Crippen LogP contribution in [0, 0.1) is 0 Å². The average molecular weight is 252 g/mol. The van der Waals surface area contributed by atoms with Crippen molar-refractivity contribution in [2.45, 2.75) is 31.3 Å². The molecule has 0 radical (unpaired) electrons. The monoisotopic (exact) mass is 252 g/mol. The van der Waals surface area contributed by atoms with E-state index in [2.05, 4.69) is 0 Å². The summed E-state index contributed by atoms with van der Waals surface area (Å²) in [6.45, 7) is 5.37. The molecule has 0 spiro atoms. The molecule has 0 N–H and O–H groups in total. The summed E-state index contributed by atoms with van der Waals surface area (Å²) < 4.78 is 33.1. The van der Waals surface area contributed by atoms with Crippen LogP contribution >= 0.6 is 7.37 Å². The first kappa shape index (κ1) is 14.1. The van der Waals surface area contributed by atoms with Gasteiger partial charge in [-0.1, -0.05) is 0 Å². The maximum atomic E-state index is 11.4. The van der Waals surface area contributed by atoms with E-state index in [-0.39, 0.29) is 31.0 Å². The zero-order valence-corrected chi connectivity index (χ0v) is 11.4. The molecular weight excluding hydrogens is 231 g/mol. The van der Waals surface area contributed by atoms with Gasteiger partial charge in [0.1, 0.15) is 18.3 Å². The zero-order chi connectivity index (χ0) is 12.3. The largest absolute Gasteiger partial charge is 0.376 e. The van der Waals surface area contributed by atoms with Crippen molar-refractivity contribution in [3.05, 3.63) is 0 Å². The number of rotatable bonds is 5. The highest BCUT2D eigenvalue weighted by Gasteiger charge is 2.43. The second kappa shape index (κ2) is 5.61. The molecule has 0 aliphatic carbocycles. The second-order valence-corrected chi connectivity index (χ2v) is 7.09. The van der Waals surface area contributed by atoms with Crippen molar-refractivity contribution in [1.29, 1.82) is 0 Å². The van der Waals surface area contributed by atoms with Crippen molar-refractivity contribution in [3.8, 4) is 0 Å². The molecule has 16 heavy (non-hydrogen) atoms. The molecule has 1 saturated heterocycles. The highest BCUT2D eigenvalue weighted by molar-refractivity contribution is 7.57. The van der Waals surface area contributed by atoms with E-state index in [1.54, 1.807) is 27.5 Å². The molecule has 0 amide bonds. The van der Waals surface area contributed by atoms with Gasteiger partial charge in [0.2, 0.25) is 0 Å². The van der Waals surface area contributed by atoms with E-state index >= 15 is 0 Å². The first-order chi connectivity index (χ1) is 7.39. The first-order valence-corrected chi connectivity index (χ1v) is 7.81. The summed E-state index contributed by atoms with van der Waals surface area (Å²) in [5.41, 5.74) is 0. The van der Waals surface area contributed by atoms with Gasteiger partial charge in [-0.2, -0.15) is 0 Å². The summed E-state index contributed by atoms with van der Waals surface area (Å²) in [4.78, 5) is 0. The molecule has 6 heteroatoms. The summed E-state index contributed by atoms with van der Waals surface area (Å²) in [6.07, 6.45) is -0.548. The van der Waals surface area contributed by atoms with Crippen LogP contribution in [0.4, 0.5) is 0 Å². The van der Waals surface area contributed by atoms with Gasteiger partial charge in [-0.25, -0.2) is 0 Å². The Morgan fingerprint density at radius 1 is 1.19 bits per heavy atom. The maximum Gasteiger partial charge on any atom is 0.197 e. The van der Waals surface area contributed by atoms with E-state index in [4.69, 9.17) is 18.7 Å². The molecule has 4 unspecified atom stereocenters. The summed E-state index contributed by atoms with van der Waals surface area (Å²) in [6, 6.07) is 0. The highest BCUT2D eigenvalue weighted by atomic mass is 31.2. The van der Waals surface area contributed by atoms with E-state index in [9.17, 15) is 4.57 Å². The Morgan fingerprint density at radius 2 is 1.75 bits per heavy atom. The number of hydrogen-bond donors (Lipinski definition) is 0. The summed E-state index contributed by atoms with van der Waals surface area (Å²) in [5, 5.41) is 0. The van der Waals surface area contributed by atoms with Crippen LogP contribution in [-0.4, -0.2) is 58.6 Å². The highest BCUT2D eigenvalue weighted by Crippen LogP contribution is 2.38. The Kier molecular flexibility index (Phi) is 4.95. The van der Waals surface area contributed by atoms with Gasteiger partial charge in [0, 0.05) is 27.5 Å². The molecule has 0 aromatic carbocycles. The molecule has 1 rings (SSSR count). The zero-order valence-electron chi connectivity index (χ0n) is 10.5. The van der Waals surface area contributed by atoms with Crippen LogP contribution in [0.25, 0.3) is 0 Å². The molecule has 0 aromatic rings. The average Bonchev–Trinajstić information content (AvgIpc) is 2.49. The summed E-state index contributed by atoms with van der Waals surface area (Å²) in [7, 11) is 0.763. The molecule has 0 bridgehead atoms. The normalized spacial score (nSPS) is 35.6. The van der Waals surface area contributed by atoms with Gasteiger partial charge in [-0.15, -0.1) is 0 Å². The second-order valence-electron chi connectivity index (χ2n) is 4.33. The van der Waals surface area contributed by atoms with Crippen LogP contribution in [0.5, 0.6) is 0 Å². The van der Waals surface area contributed by atoms with E-state index in [1.165, 1.54) is 0 Å². The van der Waals surface area contributed by atoms with Gasteiger partial charge in [-0.3, -0.25) is 4.57 Å². The number of methoxy groups -OCH3 is 2. The van der Waals surface area contributed by atoms with E-state index in [0.29, 0.717) is 0 Å². The topological polar surface area (TPSA) is 54.0 Å². The molecule has 96 valence electrons. The van der Waals surface area contributed by atoms with Crippen LogP contribution in [0.2, 0.25) is 0 Å². The SMILES string of the molecule is COC1C(C)OC(COP(C)(C)=O)C1OC. The van der Waals surface area contributed by atoms with Crippen LogP contribution in [0.1, 0.15) is 6.92 Å². The van der Waals surface area contributed by atoms with Crippen molar-refractivity contribution in [3.63, 3.8) is 0 Å². The van der Waals surface area contributed by atoms with Crippen molar-refractivity contribution >= 4 is 7.37 Å². The summed E-state index contributed by atoms with van der Waals surface area (Å²) in [5.74, 6) is 0. The Labute approximate surface area is 96.8 Å². The van der Waals surface area contributed by atoms with Crippen molar-refractivity contribution in [2.75, 3.05) is 34.2 Å².